The van der Waals surface area contributed by atoms with Gasteiger partial charge in [-0.25, -0.2) is 4.98 Å². The van der Waals surface area contributed by atoms with Crippen LogP contribution in [0.15, 0.2) is 18.7 Å². The summed E-state index contributed by atoms with van der Waals surface area (Å²) in [6.45, 7) is 12.1. The quantitative estimate of drug-likeness (QED) is 0.825. The SMILES string of the molecule is CC(CNC(C)(C)C)C(C)n1ccnc1. The van der Waals surface area contributed by atoms with Crippen LogP contribution in [0.25, 0.3) is 0 Å². The smallest absolute Gasteiger partial charge is 0.0948 e. The molecule has 15 heavy (non-hydrogen) atoms. The minimum Gasteiger partial charge on any atom is -0.334 e. The van der Waals surface area contributed by atoms with E-state index in [0.717, 1.165) is 6.54 Å². The molecule has 0 spiro atoms. The summed E-state index contributed by atoms with van der Waals surface area (Å²) in [5, 5.41) is 3.53. The van der Waals surface area contributed by atoms with Crippen molar-refractivity contribution in [3.05, 3.63) is 18.7 Å². The van der Waals surface area contributed by atoms with Crippen molar-refractivity contribution in [1.82, 2.24) is 14.9 Å². The van der Waals surface area contributed by atoms with Crippen molar-refractivity contribution in [2.45, 2.75) is 46.2 Å². The summed E-state index contributed by atoms with van der Waals surface area (Å²) < 4.78 is 2.16. The minimum atomic E-state index is 0.197. The highest BCUT2D eigenvalue weighted by Crippen LogP contribution is 2.16. The molecule has 1 heterocycles. The molecular weight excluding hydrogens is 186 g/mol. The molecule has 3 nitrogen and oxygen atoms in total. The molecule has 0 fully saturated rings. The highest BCUT2D eigenvalue weighted by molar-refractivity contribution is 4.82. The fraction of sp³-hybridized carbons (Fsp3) is 0.750. The van der Waals surface area contributed by atoms with Crippen molar-refractivity contribution in [1.29, 1.82) is 0 Å². The molecule has 1 N–H and O–H groups in total. The molecule has 0 amide bonds. The lowest BCUT2D eigenvalue weighted by atomic mass is 10.0. The van der Waals surface area contributed by atoms with Crippen LogP contribution in [0.3, 0.4) is 0 Å². The van der Waals surface area contributed by atoms with Crippen molar-refractivity contribution >= 4 is 0 Å². The van der Waals surface area contributed by atoms with Gasteiger partial charge in [-0.1, -0.05) is 6.92 Å². The topological polar surface area (TPSA) is 29.9 Å². The van der Waals surface area contributed by atoms with Gasteiger partial charge in [-0.3, -0.25) is 0 Å². The van der Waals surface area contributed by atoms with Crippen molar-refractivity contribution < 1.29 is 0 Å². The number of hydrogen-bond donors (Lipinski definition) is 1. The number of nitrogens with zero attached hydrogens (tertiary/aromatic N) is 2. The minimum absolute atomic E-state index is 0.197. The maximum atomic E-state index is 4.08. The molecule has 0 aliphatic heterocycles. The van der Waals surface area contributed by atoms with Crippen LogP contribution in [0.1, 0.15) is 40.7 Å². The number of imidazole rings is 1. The zero-order valence-corrected chi connectivity index (χ0v) is 10.5. The van der Waals surface area contributed by atoms with Gasteiger partial charge in [-0.05, 0) is 33.6 Å². The second-order valence-corrected chi connectivity index (χ2v) is 5.36. The van der Waals surface area contributed by atoms with Gasteiger partial charge < -0.3 is 9.88 Å². The van der Waals surface area contributed by atoms with E-state index in [4.69, 9.17) is 0 Å². The van der Waals surface area contributed by atoms with E-state index in [2.05, 4.69) is 49.5 Å². The molecule has 2 unspecified atom stereocenters. The number of nitrogens with one attached hydrogen (secondary N) is 1. The van der Waals surface area contributed by atoms with Crippen molar-refractivity contribution in [3.8, 4) is 0 Å². The second-order valence-electron chi connectivity index (χ2n) is 5.36. The Balaban J connectivity index is 2.44. The van der Waals surface area contributed by atoms with Gasteiger partial charge in [0.2, 0.25) is 0 Å². The average molecular weight is 209 g/mol. The number of aromatic nitrogens is 2. The molecule has 0 bridgehead atoms. The zero-order valence-electron chi connectivity index (χ0n) is 10.5. The molecule has 1 aromatic heterocycles. The van der Waals surface area contributed by atoms with Crippen LogP contribution < -0.4 is 5.32 Å². The Labute approximate surface area is 92.9 Å². The maximum absolute atomic E-state index is 4.08. The van der Waals surface area contributed by atoms with Gasteiger partial charge >= 0.3 is 0 Å². The Morgan fingerprint density at radius 2 is 2.00 bits per heavy atom. The van der Waals surface area contributed by atoms with Crippen LogP contribution in [0.2, 0.25) is 0 Å². The van der Waals surface area contributed by atoms with Gasteiger partial charge in [0.05, 0.1) is 6.33 Å². The van der Waals surface area contributed by atoms with E-state index in [1.807, 2.05) is 18.7 Å². The van der Waals surface area contributed by atoms with Gasteiger partial charge in [0.25, 0.3) is 0 Å². The van der Waals surface area contributed by atoms with E-state index >= 15 is 0 Å². The van der Waals surface area contributed by atoms with E-state index in [1.165, 1.54) is 0 Å². The molecule has 1 rings (SSSR count). The second kappa shape index (κ2) is 4.79. The Hall–Kier alpha value is -0.830. The first-order chi connectivity index (χ1) is 6.90. The fourth-order valence-corrected chi connectivity index (χ4v) is 1.44. The summed E-state index contributed by atoms with van der Waals surface area (Å²) in [7, 11) is 0. The summed E-state index contributed by atoms with van der Waals surface area (Å²) >= 11 is 0. The van der Waals surface area contributed by atoms with E-state index in [0.29, 0.717) is 12.0 Å². The summed E-state index contributed by atoms with van der Waals surface area (Å²) in [4.78, 5) is 4.08. The van der Waals surface area contributed by atoms with Crippen LogP contribution in [-0.4, -0.2) is 21.6 Å². The van der Waals surface area contributed by atoms with Gasteiger partial charge in [-0.2, -0.15) is 0 Å². The Morgan fingerprint density at radius 1 is 1.33 bits per heavy atom. The normalized spacial score (nSPS) is 16.3. The van der Waals surface area contributed by atoms with Crippen molar-refractivity contribution in [2.75, 3.05) is 6.54 Å². The van der Waals surface area contributed by atoms with Crippen molar-refractivity contribution in [2.24, 2.45) is 5.92 Å². The number of hydrogen-bond acceptors (Lipinski definition) is 2. The third kappa shape index (κ3) is 4.04. The zero-order chi connectivity index (χ0) is 11.5. The molecule has 0 saturated heterocycles. The lowest BCUT2D eigenvalue weighted by Crippen LogP contribution is -2.40. The standard InChI is InChI=1S/C12H23N3/c1-10(8-14-12(3,4)5)11(2)15-7-6-13-9-15/h6-7,9-11,14H,8H2,1-5H3. The van der Waals surface area contributed by atoms with Crippen LogP contribution in [0.4, 0.5) is 0 Å². The van der Waals surface area contributed by atoms with Crippen molar-refractivity contribution in [3.63, 3.8) is 0 Å². The van der Waals surface area contributed by atoms with E-state index in [9.17, 15) is 0 Å². The predicted octanol–water partition coefficient (Wildman–Crippen LogP) is 2.47. The average Bonchev–Trinajstić information content (AvgIpc) is 2.64. The maximum Gasteiger partial charge on any atom is 0.0948 e. The molecule has 0 aliphatic rings. The molecule has 0 aliphatic carbocycles. The van der Waals surface area contributed by atoms with Gasteiger partial charge in [0.1, 0.15) is 0 Å². The molecule has 0 radical (unpaired) electrons. The lowest BCUT2D eigenvalue weighted by Gasteiger charge is -2.27. The number of rotatable bonds is 4. The predicted molar refractivity (Wildman–Crippen MR) is 63.9 cm³/mol. The van der Waals surface area contributed by atoms with Gasteiger partial charge in [0.15, 0.2) is 0 Å². The van der Waals surface area contributed by atoms with E-state index < -0.39 is 0 Å². The Bertz CT molecular complexity index is 272. The van der Waals surface area contributed by atoms with E-state index in [1.54, 1.807) is 0 Å². The summed E-state index contributed by atoms with van der Waals surface area (Å²) in [6, 6.07) is 0.488. The van der Waals surface area contributed by atoms with Crippen LogP contribution in [0.5, 0.6) is 0 Å². The highest BCUT2D eigenvalue weighted by atomic mass is 15.1. The Morgan fingerprint density at radius 3 is 2.47 bits per heavy atom. The first-order valence-electron chi connectivity index (χ1n) is 5.62. The summed E-state index contributed by atoms with van der Waals surface area (Å²) in [5.41, 5.74) is 0.197. The van der Waals surface area contributed by atoms with Crippen LogP contribution in [0, 0.1) is 5.92 Å². The summed E-state index contributed by atoms with van der Waals surface area (Å²) in [5.74, 6) is 0.596. The largest absolute Gasteiger partial charge is 0.334 e. The molecular formula is C12H23N3. The van der Waals surface area contributed by atoms with Gasteiger partial charge in [-0.15, -0.1) is 0 Å². The van der Waals surface area contributed by atoms with E-state index in [-0.39, 0.29) is 5.54 Å². The van der Waals surface area contributed by atoms with Crippen LogP contribution >= 0.6 is 0 Å². The molecule has 86 valence electrons. The first kappa shape index (κ1) is 12.2. The molecule has 1 aromatic rings. The highest BCUT2D eigenvalue weighted by Gasteiger charge is 2.16. The Kier molecular flexibility index (Phi) is 3.91. The fourth-order valence-electron chi connectivity index (χ4n) is 1.44. The third-order valence-electron chi connectivity index (χ3n) is 2.77. The molecule has 2 atom stereocenters. The molecule has 0 saturated carbocycles. The third-order valence-corrected chi connectivity index (χ3v) is 2.77. The lowest BCUT2D eigenvalue weighted by molar-refractivity contribution is 0.317. The first-order valence-corrected chi connectivity index (χ1v) is 5.62. The molecule has 3 heteroatoms. The van der Waals surface area contributed by atoms with Gasteiger partial charge in [0, 0.05) is 30.5 Å². The summed E-state index contributed by atoms with van der Waals surface area (Å²) in [6.07, 6.45) is 5.75. The molecule has 0 aromatic carbocycles. The monoisotopic (exact) mass is 209 g/mol. The van der Waals surface area contributed by atoms with Crippen LogP contribution in [-0.2, 0) is 0 Å².